The molecule has 51 heavy (non-hydrogen) atoms. The molecule has 2 atom stereocenters. The average Bonchev–Trinajstić information content (AvgIpc) is 3.75. The normalized spacial score (nSPS) is 18.4. The van der Waals surface area contributed by atoms with Gasteiger partial charge in [0.25, 0.3) is 20.2 Å². The Bertz CT molecular complexity index is 2000. The molecule has 18 heteroatoms. The summed E-state index contributed by atoms with van der Waals surface area (Å²) < 4.78 is 103. The average molecular weight is 743 g/mol. The number of benzene rings is 2. The summed E-state index contributed by atoms with van der Waals surface area (Å²) in [7, 11) is -6.29. The van der Waals surface area contributed by atoms with Crippen molar-refractivity contribution in [1.82, 2.24) is 9.97 Å². The van der Waals surface area contributed by atoms with E-state index < -0.39 is 43.8 Å². The second kappa shape index (κ2) is 13.6. The molecular weight excluding hydrogens is 709 g/mol. The molecule has 0 radical (unpaired) electrons. The number of anilines is 2. The Kier molecular flexibility index (Phi) is 9.17. The van der Waals surface area contributed by atoms with E-state index in [0.717, 1.165) is 11.1 Å². The van der Waals surface area contributed by atoms with Gasteiger partial charge in [0, 0.05) is 36.6 Å². The summed E-state index contributed by atoms with van der Waals surface area (Å²) in [6.45, 7) is 0.621. The van der Waals surface area contributed by atoms with Crippen LogP contribution in [0.5, 0.6) is 34.5 Å². The highest BCUT2D eigenvalue weighted by Crippen LogP contribution is 2.45. The second-order valence-corrected chi connectivity index (χ2v) is 15.0. The number of hydrogen-bond donors (Lipinski definition) is 2. The Hall–Kier alpha value is -5.04. The molecule has 7 rings (SSSR count). The van der Waals surface area contributed by atoms with Crippen molar-refractivity contribution < 1.29 is 54.4 Å². The zero-order chi connectivity index (χ0) is 35.9. The number of hydrogen-bond acceptors (Lipinski definition) is 14. The summed E-state index contributed by atoms with van der Waals surface area (Å²) in [6.07, 6.45) is 3.60. The van der Waals surface area contributed by atoms with E-state index in [4.69, 9.17) is 28.4 Å². The second-order valence-electron chi connectivity index (χ2n) is 12.0. The number of nitrogens with zero attached hydrogens (tertiary/aromatic N) is 4. The van der Waals surface area contributed by atoms with Crippen molar-refractivity contribution in [2.24, 2.45) is 0 Å². The third-order valence-electron chi connectivity index (χ3n) is 8.87. The van der Waals surface area contributed by atoms with Crippen molar-refractivity contribution in [2.75, 3.05) is 62.2 Å². The fourth-order valence-corrected chi connectivity index (χ4v) is 8.27. The molecule has 3 aliphatic heterocycles. The van der Waals surface area contributed by atoms with Crippen LogP contribution < -0.4 is 38.2 Å². The van der Waals surface area contributed by atoms with Crippen LogP contribution in [0.3, 0.4) is 0 Å². The lowest BCUT2D eigenvalue weighted by molar-refractivity contribution is 0.171. The molecule has 0 bridgehead atoms. The first-order valence-electron chi connectivity index (χ1n) is 15.7. The fourth-order valence-electron chi connectivity index (χ4n) is 6.61. The van der Waals surface area contributed by atoms with E-state index >= 15 is 0 Å². The molecule has 270 valence electrons. The molecule has 5 heterocycles. The Balaban J connectivity index is 1.22. The summed E-state index contributed by atoms with van der Waals surface area (Å²) in [5, 5.41) is 0. The zero-order valence-electron chi connectivity index (χ0n) is 27.5. The van der Waals surface area contributed by atoms with E-state index in [1.807, 2.05) is 0 Å². The van der Waals surface area contributed by atoms with Crippen LogP contribution in [0.1, 0.15) is 6.42 Å². The molecule has 2 unspecified atom stereocenters. The first-order chi connectivity index (χ1) is 24.4. The molecule has 3 aliphatic rings. The first kappa shape index (κ1) is 34.4. The van der Waals surface area contributed by atoms with E-state index in [-0.39, 0.29) is 26.7 Å². The number of ether oxygens (including phenoxy) is 6. The molecule has 0 amide bonds. The Morgan fingerprint density at radius 2 is 1.10 bits per heavy atom. The number of fused-ring (bicyclic) bond motifs is 2. The van der Waals surface area contributed by atoms with Crippen molar-refractivity contribution in [3.05, 3.63) is 60.9 Å². The van der Waals surface area contributed by atoms with Crippen LogP contribution in [0.15, 0.2) is 60.9 Å². The van der Waals surface area contributed by atoms with Crippen molar-refractivity contribution in [1.29, 1.82) is 0 Å². The van der Waals surface area contributed by atoms with E-state index in [1.54, 1.807) is 70.7 Å². The molecule has 0 aliphatic carbocycles. The predicted octanol–water partition coefficient (Wildman–Crippen LogP) is 3.51. The Morgan fingerprint density at radius 3 is 1.45 bits per heavy atom. The standard InChI is InChI=1S/C33H34N4O12S2/c1-44-26-10-22(12-28-32(26)48-18-46-28)20-4-6-30(34-14-20)36-8-3-9-37(25(17-51(41,42)43)24(36)16-50(38,39)40)31-7-5-21(15-35-31)23-11-27(45-2)33-29(13-23)47-19-49-33/h4-7,10-15,24-25H,3,8-9,16-19H2,1-2H3,(H,38,39,40)(H,41,42,43). The van der Waals surface area contributed by atoms with Gasteiger partial charge in [0.05, 0.1) is 37.8 Å². The van der Waals surface area contributed by atoms with Gasteiger partial charge in [-0.1, -0.05) is 0 Å². The molecule has 0 saturated carbocycles. The van der Waals surface area contributed by atoms with Gasteiger partial charge in [-0.25, -0.2) is 9.97 Å². The van der Waals surface area contributed by atoms with Crippen LogP contribution in [0.4, 0.5) is 11.6 Å². The smallest absolute Gasteiger partial charge is 0.266 e. The van der Waals surface area contributed by atoms with Crippen molar-refractivity contribution in [3.8, 4) is 56.8 Å². The van der Waals surface area contributed by atoms with Gasteiger partial charge in [0.1, 0.15) is 11.6 Å². The number of pyridine rings is 2. The fraction of sp³-hybridized carbons (Fsp3) is 0.333. The Labute approximate surface area is 293 Å². The van der Waals surface area contributed by atoms with Crippen molar-refractivity contribution in [2.45, 2.75) is 18.5 Å². The predicted molar refractivity (Wildman–Crippen MR) is 184 cm³/mol. The maximum Gasteiger partial charge on any atom is 0.266 e. The molecule has 1 fully saturated rings. The first-order valence-corrected chi connectivity index (χ1v) is 18.9. The Morgan fingerprint density at radius 1 is 0.667 bits per heavy atom. The molecule has 0 spiro atoms. The van der Waals surface area contributed by atoms with Crippen LogP contribution >= 0.6 is 0 Å². The third-order valence-corrected chi connectivity index (χ3v) is 10.4. The minimum Gasteiger partial charge on any atom is -0.493 e. The largest absolute Gasteiger partial charge is 0.493 e. The summed E-state index contributed by atoms with van der Waals surface area (Å²) in [5.41, 5.74) is 2.84. The van der Waals surface area contributed by atoms with Gasteiger partial charge in [-0.3, -0.25) is 9.11 Å². The number of rotatable bonds is 10. The molecule has 1 saturated heterocycles. The monoisotopic (exact) mass is 742 g/mol. The van der Waals surface area contributed by atoms with Crippen LogP contribution in [0.25, 0.3) is 22.3 Å². The number of methoxy groups -OCH3 is 2. The number of aromatic nitrogens is 2. The maximum atomic E-state index is 12.5. The minimum absolute atomic E-state index is 0.0625. The van der Waals surface area contributed by atoms with Gasteiger partial charge in [-0.05, 0) is 66.1 Å². The molecular formula is C33H34N4O12S2. The van der Waals surface area contributed by atoms with Gasteiger partial charge in [0.15, 0.2) is 23.0 Å². The molecule has 2 aromatic heterocycles. The summed E-state index contributed by atoms with van der Waals surface area (Å²) in [4.78, 5) is 12.5. The highest BCUT2D eigenvalue weighted by atomic mass is 32.2. The quantitative estimate of drug-likeness (QED) is 0.224. The molecule has 4 aromatic rings. The van der Waals surface area contributed by atoms with Crippen LogP contribution in [-0.4, -0.2) is 100 Å². The summed E-state index contributed by atoms with van der Waals surface area (Å²) in [6, 6.07) is 11.7. The third kappa shape index (κ3) is 7.25. The minimum atomic E-state index is -4.66. The van der Waals surface area contributed by atoms with Crippen LogP contribution in [0, 0.1) is 0 Å². The lowest BCUT2D eigenvalue weighted by Crippen LogP contribution is -2.56. The van der Waals surface area contributed by atoms with E-state index in [2.05, 4.69) is 9.97 Å². The van der Waals surface area contributed by atoms with E-state index in [1.165, 1.54) is 14.2 Å². The summed E-state index contributed by atoms with van der Waals surface area (Å²) in [5.74, 6) is 1.96. The SMILES string of the molecule is COc1cc(-c2ccc(N3CCCN(c4ccc(-c5cc(OC)c6c(c5)OCO6)cn4)C(CS(=O)(=O)O)C3CS(=O)(=O)O)nc2)cc2c1OCO2. The lowest BCUT2D eigenvalue weighted by Gasteiger charge is -2.39. The van der Waals surface area contributed by atoms with Gasteiger partial charge >= 0.3 is 0 Å². The topological polar surface area (TPSA) is 196 Å². The van der Waals surface area contributed by atoms with Gasteiger partial charge in [-0.15, -0.1) is 0 Å². The highest BCUT2D eigenvalue weighted by Gasteiger charge is 2.41. The highest BCUT2D eigenvalue weighted by molar-refractivity contribution is 7.86. The van der Waals surface area contributed by atoms with Crippen molar-refractivity contribution in [3.63, 3.8) is 0 Å². The van der Waals surface area contributed by atoms with Crippen LogP contribution in [-0.2, 0) is 20.2 Å². The van der Waals surface area contributed by atoms with Gasteiger partial charge in [-0.2, -0.15) is 16.8 Å². The van der Waals surface area contributed by atoms with Crippen molar-refractivity contribution >= 4 is 31.9 Å². The lowest BCUT2D eigenvalue weighted by atomic mass is 10.1. The molecule has 2 N–H and O–H groups in total. The maximum absolute atomic E-state index is 12.5. The van der Waals surface area contributed by atoms with Crippen LogP contribution in [0.2, 0.25) is 0 Å². The van der Waals surface area contributed by atoms with E-state index in [0.29, 0.717) is 63.7 Å². The van der Waals surface area contributed by atoms with Gasteiger partial charge < -0.3 is 38.2 Å². The van der Waals surface area contributed by atoms with Gasteiger partial charge in [0.2, 0.25) is 25.1 Å². The zero-order valence-corrected chi connectivity index (χ0v) is 29.1. The summed E-state index contributed by atoms with van der Waals surface area (Å²) >= 11 is 0. The molecule has 2 aromatic carbocycles. The molecule has 16 nitrogen and oxygen atoms in total. The van der Waals surface area contributed by atoms with E-state index in [9.17, 15) is 25.9 Å².